The van der Waals surface area contributed by atoms with E-state index >= 15 is 0 Å². The molecule has 10 heavy (non-hydrogen) atoms. The van der Waals surface area contributed by atoms with Crippen LogP contribution >= 0.6 is 0 Å². The van der Waals surface area contributed by atoms with Gasteiger partial charge >= 0.3 is 5.97 Å². The fraction of sp³-hybridized carbons (Fsp3) is 0.857. The van der Waals surface area contributed by atoms with Crippen molar-refractivity contribution >= 4 is 5.97 Å². The van der Waals surface area contributed by atoms with E-state index in [1.807, 2.05) is 0 Å². The number of hydrogen-bond acceptors (Lipinski definition) is 3. The molecule has 1 atom stereocenters. The molecular formula is C7H10O3. The molecule has 0 aromatic carbocycles. The minimum absolute atomic E-state index is 0.109. The summed E-state index contributed by atoms with van der Waals surface area (Å²) < 4.78 is 10.3. The Morgan fingerprint density at radius 1 is 1.50 bits per heavy atom. The van der Waals surface area contributed by atoms with Crippen LogP contribution in [0.1, 0.15) is 19.3 Å². The van der Waals surface area contributed by atoms with Gasteiger partial charge in [-0.3, -0.25) is 4.79 Å². The van der Waals surface area contributed by atoms with Crippen LogP contribution in [0.2, 0.25) is 0 Å². The lowest BCUT2D eigenvalue weighted by Crippen LogP contribution is -2.27. The van der Waals surface area contributed by atoms with Crippen LogP contribution in [0, 0.1) is 0 Å². The van der Waals surface area contributed by atoms with E-state index < -0.39 is 0 Å². The zero-order valence-electron chi connectivity index (χ0n) is 5.76. The number of ether oxygens (including phenoxy) is 2. The highest BCUT2D eigenvalue weighted by Crippen LogP contribution is 2.33. The van der Waals surface area contributed by atoms with Gasteiger partial charge in [-0.25, -0.2) is 0 Å². The molecule has 0 saturated carbocycles. The predicted molar refractivity (Wildman–Crippen MR) is 33.5 cm³/mol. The molecule has 0 amide bonds. The van der Waals surface area contributed by atoms with E-state index in [0.717, 1.165) is 19.4 Å². The maximum atomic E-state index is 10.7. The summed E-state index contributed by atoms with van der Waals surface area (Å²) in [4.78, 5) is 10.7. The van der Waals surface area contributed by atoms with Gasteiger partial charge in [-0.15, -0.1) is 0 Å². The van der Waals surface area contributed by atoms with Gasteiger partial charge in [0, 0.05) is 6.61 Å². The van der Waals surface area contributed by atoms with E-state index in [4.69, 9.17) is 9.47 Å². The van der Waals surface area contributed by atoms with Crippen molar-refractivity contribution in [1.29, 1.82) is 0 Å². The molecule has 0 bridgehead atoms. The van der Waals surface area contributed by atoms with E-state index in [2.05, 4.69) is 0 Å². The first kappa shape index (κ1) is 6.16. The summed E-state index contributed by atoms with van der Waals surface area (Å²) in [5.74, 6) is -0.109. The van der Waals surface area contributed by atoms with Crippen LogP contribution in [-0.4, -0.2) is 24.8 Å². The Morgan fingerprint density at radius 2 is 2.40 bits per heavy atom. The molecule has 0 aromatic rings. The van der Waals surface area contributed by atoms with Crippen molar-refractivity contribution in [1.82, 2.24) is 0 Å². The van der Waals surface area contributed by atoms with Crippen LogP contribution in [0.3, 0.4) is 0 Å². The van der Waals surface area contributed by atoms with E-state index in [1.54, 1.807) is 0 Å². The average molecular weight is 142 g/mol. The van der Waals surface area contributed by atoms with E-state index in [1.165, 1.54) is 0 Å². The number of rotatable bonds is 0. The summed E-state index contributed by atoms with van der Waals surface area (Å²) in [6, 6.07) is 0. The Labute approximate surface area is 59.3 Å². The molecule has 0 radical (unpaired) electrons. The van der Waals surface area contributed by atoms with Gasteiger partial charge in [0.05, 0.1) is 6.42 Å². The molecule has 1 unspecified atom stereocenters. The Balaban J connectivity index is 2.09. The molecule has 0 aliphatic carbocycles. The number of carbonyl (C=O) groups excluding carboxylic acids is 1. The standard InChI is InChI=1S/C7H10O3/c8-6-4-7(5-9-6)2-1-3-10-7/h1-5H2. The first-order chi connectivity index (χ1) is 4.81. The highest BCUT2D eigenvalue weighted by Gasteiger charge is 2.43. The Bertz CT molecular complexity index is 158. The maximum Gasteiger partial charge on any atom is 0.308 e. The summed E-state index contributed by atoms with van der Waals surface area (Å²) in [6.07, 6.45) is 2.52. The monoisotopic (exact) mass is 142 g/mol. The lowest BCUT2D eigenvalue weighted by atomic mass is 10.00. The van der Waals surface area contributed by atoms with E-state index in [9.17, 15) is 4.79 Å². The largest absolute Gasteiger partial charge is 0.463 e. The Hall–Kier alpha value is -0.570. The molecule has 1 spiro atoms. The van der Waals surface area contributed by atoms with Gasteiger partial charge in [-0.2, -0.15) is 0 Å². The smallest absolute Gasteiger partial charge is 0.308 e. The van der Waals surface area contributed by atoms with Gasteiger partial charge in [0.1, 0.15) is 12.2 Å². The van der Waals surface area contributed by atoms with Crippen LogP contribution in [0.4, 0.5) is 0 Å². The normalized spacial score (nSPS) is 39.0. The van der Waals surface area contributed by atoms with Gasteiger partial charge in [0.25, 0.3) is 0 Å². The molecule has 2 fully saturated rings. The summed E-state index contributed by atoms with van der Waals surface area (Å²) in [5.41, 5.74) is -0.211. The molecule has 3 nitrogen and oxygen atoms in total. The zero-order valence-corrected chi connectivity index (χ0v) is 5.76. The predicted octanol–water partition coefficient (Wildman–Crippen LogP) is 0.482. The lowest BCUT2D eigenvalue weighted by molar-refractivity contribution is -0.137. The first-order valence-electron chi connectivity index (χ1n) is 3.60. The van der Waals surface area contributed by atoms with Crippen LogP contribution < -0.4 is 0 Å². The third-order valence-corrected chi connectivity index (χ3v) is 2.15. The van der Waals surface area contributed by atoms with Crippen molar-refractivity contribution in [3.63, 3.8) is 0 Å². The third-order valence-electron chi connectivity index (χ3n) is 2.15. The number of esters is 1. The molecule has 0 aromatic heterocycles. The minimum atomic E-state index is -0.211. The molecule has 0 N–H and O–H groups in total. The molecular weight excluding hydrogens is 132 g/mol. The van der Waals surface area contributed by atoms with Crippen molar-refractivity contribution in [3.8, 4) is 0 Å². The fourth-order valence-electron chi connectivity index (χ4n) is 1.59. The van der Waals surface area contributed by atoms with E-state index in [0.29, 0.717) is 13.0 Å². The summed E-state index contributed by atoms with van der Waals surface area (Å²) in [7, 11) is 0. The molecule has 2 saturated heterocycles. The topological polar surface area (TPSA) is 35.5 Å². The number of hydrogen-bond donors (Lipinski definition) is 0. The third kappa shape index (κ3) is 0.814. The number of carbonyl (C=O) groups is 1. The minimum Gasteiger partial charge on any atom is -0.463 e. The Morgan fingerprint density at radius 3 is 2.90 bits per heavy atom. The molecule has 2 rings (SSSR count). The first-order valence-corrected chi connectivity index (χ1v) is 3.60. The lowest BCUT2D eigenvalue weighted by Gasteiger charge is -2.16. The molecule has 2 aliphatic rings. The van der Waals surface area contributed by atoms with Crippen LogP contribution in [0.15, 0.2) is 0 Å². The molecule has 56 valence electrons. The SMILES string of the molecule is O=C1CC2(CCCO2)CO1. The average Bonchev–Trinajstić information content (AvgIpc) is 2.46. The molecule has 2 aliphatic heterocycles. The maximum absolute atomic E-state index is 10.7. The highest BCUT2D eigenvalue weighted by molar-refractivity contribution is 5.73. The van der Waals surface area contributed by atoms with Gasteiger partial charge < -0.3 is 9.47 Å². The Kier molecular flexibility index (Phi) is 1.20. The van der Waals surface area contributed by atoms with Crippen molar-refractivity contribution in [2.45, 2.75) is 24.9 Å². The summed E-state index contributed by atoms with van der Waals surface area (Å²) in [6.45, 7) is 1.27. The van der Waals surface area contributed by atoms with Crippen molar-refractivity contribution < 1.29 is 14.3 Å². The van der Waals surface area contributed by atoms with Crippen LogP contribution in [0.25, 0.3) is 0 Å². The fourth-order valence-corrected chi connectivity index (χ4v) is 1.59. The van der Waals surface area contributed by atoms with Crippen LogP contribution in [-0.2, 0) is 14.3 Å². The second kappa shape index (κ2) is 1.95. The summed E-state index contributed by atoms with van der Waals surface area (Å²) in [5, 5.41) is 0. The second-order valence-electron chi connectivity index (χ2n) is 2.97. The number of cyclic esters (lactones) is 1. The van der Waals surface area contributed by atoms with Crippen molar-refractivity contribution in [2.75, 3.05) is 13.2 Å². The van der Waals surface area contributed by atoms with Gasteiger partial charge in [0.2, 0.25) is 0 Å². The quantitative estimate of drug-likeness (QED) is 0.461. The highest BCUT2D eigenvalue weighted by atomic mass is 16.6. The van der Waals surface area contributed by atoms with Crippen molar-refractivity contribution in [2.24, 2.45) is 0 Å². The van der Waals surface area contributed by atoms with Gasteiger partial charge in [-0.05, 0) is 12.8 Å². The van der Waals surface area contributed by atoms with Gasteiger partial charge in [0.15, 0.2) is 0 Å². The molecule has 3 heteroatoms. The van der Waals surface area contributed by atoms with Crippen LogP contribution in [0.5, 0.6) is 0 Å². The molecule has 2 heterocycles. The zero-order chi connectivity index (χ0) is 7.03. The second-order valence-corrected chi connectivity index (χ2v) is 2.97. The van der Waals surface area contributed by atoms with E-state index in [-0.39, 0.29) is 11.6 Å². The van der Waals surface area contributed by atoms with Gasteiger partial charge in [-0.1, -0.05) is 0 Å². The summed E-state index contributed by atoms with van der Waals surface area (Å²) >= 11 is 0. The van der Waals surface area contributed by atoms with Crippen molar-refractivity contribution in [3.05, 3.63) is 0 Å².